The Labute approximate surface area is 153 Å². The largest absolute Gasteiger partial charge is 0.352 e. The third kappa shape index (κ3) is 6.29. The van der Waals surface area contributed by atoms with E-state index in [1.807, 2.05) is 14.1 Å². The average Bonchev–Trinajstić information content (AvgIpc) is 2.64. The van der Waals surface area contributed by atoms with Gasteiger partial charge in [-0.15, -0.1) is 0 Å². The Hall–Kier alpha value is -2.73. The third-order valence-corrected chi connectivity index (χ3v) is 3.84. The van der Waals surface area contributed by atoms with Gasteiger partial charge in [0.1, 0.15) is 5.82 Å². The molecule has 0 saturated carbocycles. The number of nitrogens with zero attached hydrogens (tertiary/aromatic N) is 1. The Morgan fingerprint density at radius 3 is 1.96 bits per heavy atom. The van der Waals surface area contributed by atoms with Crippen molar-refractivity contribution in [3.05, 3.63) is 71.0 Å². The van der Waals surface area contributed by atoms with E-state index in [9.17, 15) is 14.0 Å². The van der Waals surface area contributed by atoms with Crippen molar-refractivity contribution >= 4 is 11.8 Å². The predicted molar refractivity (Wildman–Crippen MR) is 99.5 cm³/mol. The van der Waals surface area contributed by atoms with Crippen molar-refractivity contribution in [3.63, 3.8) is 0 Å². The van der Waals surface area contributed by atoms with Crippen LogP contribution in [0.25, 0.3) is 0 Å². The van der Waals surface area contributed by atoms with Crippen LogP contribution in [0.15, 0.2) is 48.5 Å². The molecule has 0 saturated heterocycles. The van der Waals surface area contributed by atoms with Crippen LogP contribution in [-0.2, 0) is 6.54 Å². The standard InChI is InChI=1S/C20H24FN3O2/c1-24(2)13-3-12-22-19(25)16-6-8-17(9-7-16)20(26)23-14-15-4-10-18(21)11-5-15/h4-11H,3,12-14H2,1-2H3,(H,22,25)(H,23,26). The number of carbonyl (C=O) groups is 2. The lowest BCUT2D eigenvalue weighted by molar-refractivity contribution is 0.0939. The minimum absolute atomic E-state index is 0.151. The molecule has 0 aliphatic rings. The Morgan fingerprint density at radius 1 is 0.885 bits per heavy atom. The fourth-order valence-electron chi connectivity index (χ4n) is 2.36. The molecule has 0 spiro atoms. The van der Waals surface area contributed by atoms with Gasteiger partial charge in [0.05, 0.1) is 0 Å². The molecule has 2 aromatic rings. The molecule has 0 radical (unpaired) electrons. The lowest BCUT2D eigenvalue weighted by Gasteiger charge is -2.10. The zero-order valence-electron chi connectivity index (χ0n) is 15.1. The van der Waals surface area contributed by atoms with Gasteiger partial charge in [-0.25, -0.2) is 4.39 Å². The summed E-state index contributed by atoms with van der Waals surface area (Å²) in [6, 6.07) is 12.5. The third-order valence-electron chi connectivity index (χ3n) is 3.84. The Kier molecular flexibility index (Phi) is 7.29. The summed E-state index contributed by atoms with van der Waals surface area (Å²) in [5, 5.41) is 5.63. The highest BCUT2D eigenvalue weighted by Crippen LogP contribution is 2.06. The fraction of sp³-hybridized carbons (Fsp3) is 0.300. The van der Waals surface area contributed by atoms with E-state index in [1.165, 1.54) is 12.1 Å². The van der Waals surface area contributed by atoms with Crippen molar-refractivity contribution in [1.29, 1.82) is 0 Å². The number of amides is 2. The van der Waals surface area contributed by atoms with E-state index < -0.39 is 0 Å². The van der Waals surface area contributed by atoms with E-state index in [4.69, 9.17) is 0 Å². The maximum atomic E-state index is 12.9. The van der Waals surface area contributed by atoms with Crippen molar-refractivity contribution in [2.75, 3.05) is 27.2 Å². The van der Waals surface area contributed by atoms with Gasteiger partial charge >= 0.3 is 0 Å². The Morgan fingerprint density at radius 2 is 1.42 bits per heavy atom. The van der Waals surface area contributed by atoms with Gasteiger partial charge in [-0.05, 0) is 69.0 Å². The second-order valence-corrected chi connectivity index (χ2v) is 6.30. The zero-order valence-corrected chi connectivity index (χ0v) is 15.1. The van der Waals surface area contributed by atoms with Crippen molar-refractivity contribution in [3.8, 4) is 0 Å². The SMILES string of the molecule is CN(C)CCCNC(=O)c1ccc(C(=O)NCc2ccc(F)cc2)cc1. The molecule has 26 heavy (non-hydrogen) atoms. The molecule has 0 fully saturated rings. The lowest BCUT2D eigenvalue weighted by Crippen LogP contribution is -2.27. The summed E-state index contributed by atoms with van der Waals surface area (Å²) >= 11 is 0. The van der Waals surface area contributed by atoms with Crippen LogP contribution in [-0.4, -0.2) is 43.9 Å². The van der Waals surface area contributed by atoms with Crippen molar-refractivity contribution in [2.24, 2.45) is 0 Å². The van der Waals surface area contributed by atoms with Gasteiger partial charge in [0, 0.05) is 24.2 Å². The van der Waals surface area contributed by atoms with Crippen LogP contribution in [0.1, 0.15) is 32.7 Å². The van der Waals surface area contributed by atoms with E-state index in [2.05, 4.69) is 15.5 Å². The molecule has 0 bridgehead atoms. The van der Waals surface area contributed by atoms with Gasteiger partial charge in [-0.2, -0.15) is 0 Å². The van der Waals surface area contributed by atoms with E-state index in [1.54, 1.807) is 36.4 Å². The summed E-state index contributed by atoms with van der Waals surface area (Å²) in [5.41, 5.74) is 1.80. The molecule has 0 aliphatic heterocycles. The van der Waals surface area contributed by atoms with Crippen LogP contribution in [0.2, 0.25) is 0 Å². The van der Waals surface area contributed by atoms with Crippen molar-refractivity contribution in [1.82, 2.24) is 15.5 Å². The summed E-state index contributed by atoms with van der Waals surface area (Å²) in [4.78, 5) is 26.3. The monoisotopic (exact) mass is 357 g/mol. The number of benzene rings is 2. The van der Waals surface area contributed by atoms with Crippen LogP contribution >= 0.6 is 0 Å². The molecule has 0 aliphatic carbocycles. The van der Waals surface area contributed by atoms with Gasteiger partial charge < -0.3 is 15.5 Å². The number of hydrogen-bond donors (Lipinski definition) is 2. The van der Waals surface area contributed by atoms with Crippen LogP contribution in [0.3, 0.4) is 0 Å². The summed E-state index contributed by atoms with van der Waals surface area (Å²) in [6.45, 7) is 1.83. The van der Waals surface area contributed by atoms with E-state index in [0.29, 0.717) is 24.2 Å². The van der Waals surface area contributed by atoms with Crippen molar-refractivity contribution in [2.45, 2.75) is 13.0 Å². The lowest BCUT2D eigenvalue weighted by atomic mass is 10.1. The first kappa shape index (κ1) is 19.6. The summed E-state index contributed by atoms with van der Waals surface area (Å²) in [5.74, 6) is -0.704. The maximum Gasteiger partial charge on any atom is 0.251 e. The minimum Gasteiger partial charge on any atom is -0.352 e. The quantitative estimate of drug-likeness (QED) is 0.714. The first-order valence-electron chi connectivity index (χ1n) is 8.51. The molecule has 0 aromatic heterocycles. The molecule has 6 heteroatoms. The molecule has 0 atom stereocenters. The van der Waals surface area contributed by atoms with E-state index in [0.717, 1.165) is 18.5 Å². The smallest absolute Gasteiger partial charge is 0.251 e. The summed E-state index contributed by atoms with van der Waals surface area (Å²) in [7, 11) is 3.98. The molecule has 2 aromatic carbocycles. The highest BCUT2D eigenvalue weighted by Gasteiger charge is 2.09. The van der Waals surface area contributed by atoms with Gasteiger partial charge in [0.2, 0.25) is 0 Å². The molecule has 2 rings (SSSR count). The molecular formula is C20H24FN3O2. The van der Waals surface area contributed by atoms with E-state index in [-0.39, 0.29) is 17.6 Å². The second kappa shape index (κ2) is 9.68. The molecule has 2 N–H and O–H groups in total. The Balaban J connectivity index is 1.82. The average molecular weight is 357 g/mol. The first-order valence-corrected chi connectivity index (χ1v) is 8.51. The van der Waals surface area contributed by atoms with Gasteiger partial charge in [0.15, 0.2) is 0 Å². The number of nitrogens with one attached hydrogen (secondary N) is 2. The van der Waals surface area contributed by atoms with Gasteiger partial charge in [-0.1, -0.05) is 12.1 Å². The van der Waals surface area contributed by atoms with Gasteiger partial charge in [-0.3, -0.25) is 9.59 Å². The molecule has 5 nitrogen and oxygen atoms in total. The molecule has 0 heterocycles. The van der Waals surface area contributed by atoms with Gasteiger partial charge in [0.25, 0.3) is 11.8 Å². The topological polar surface area (TPSA) is 61.4 Å². The summed E-state index contributed by atoms with van der Waals surface area (Å²) in [6.07, 6.45) is 0.878. The highest BCUT2D eigenvalue weighted by atomic mass is 19.1. The summed E-state index contributed by atoms with van der Waals surface area (Å²) < 4.78 is 12.9. The minimum atomic E-state index is -0.310. The Bertz CT molecular complexity index is 728. The van der Waals surface area contributed by atoms with Crippen LogP contribution in [0, 0.1) is 5.82 Å². The normalized spacial score (nSPS) is 10.6. The fourth-order valence-corrected chi connectivity index (χ4v) is 2.36. The second-order valence-electron chi connectivity index (χ2n) is 6.30. The number of hydrogen-bond acceptors (Lipinski definition) is 3. The van der Waals surface area contributed by atoms with Crippen LogP contribution < -0.4 is 10.6 Å². The van der Waals surface area contributed by atoms with Crippen LogP contribution in [0.5, 0.6) is 0 Å². The van der Waals surface area contributed by atoms with Crippen LogP contribution in [0.4, 0.5) is 4.39 Å². The van der Waals surface area contributed by atoms with Crippen molar-refractivity contribution < 1.29 is 14.0 Å². The molecule has 138 valence electrons. The van der Waals surface area contributed by atoms with E-state index >= 15 is 0 Å². The zero-order chi connectivity index (χ0) is 18.9. The molecule has 0 unspecified atom stereocenters. The first-order chi connectivity index (χ1) is 12.5. The molecular weight excluding hydrogens is 333 g/mol. The highest BCUT2D eigenvalue weighted by molar-refractivity contribution is 5.97. The maximum absolute atomic E-state index is 12.9. The predicted octanol–water partition coefficient (Wildman–Crippen LogP) is 2.44. The number of halogens is 1. The number of carbonyl (C=O) groups excluding carboxylic acids is 2. The number of rotatable bonds is 8. The molecule has 2 amide bonds.